The van der Waals surface area contributed by atoms with Crippen molar-refractivity contribution in [1.82, 2.24) is 19.5 Å². The largest absolute Gasteiger partial charge is 0.498 e. The van der Waals surface area contributed by atoms with Gasteiger partial charge in [-0.1, -0.05) is 6.07 Å². The van der Waals surface area contributed by atoms with E-state index < -0.39 is 11.8 Å². The fourth-order valence-electron chi connectivity index (χ4n) is 4.78. The zero-order chi connectivity index (χ0) is 30.6. The fraction of sp³-hybridized carbons (Fsp3) is 0.182. The second-order valence-corrected chi connectivity index (χ2v) is 10.1. The molecule has 10 nitrogen and oxygen atoms in total. The van der Waals surface area contributed by atoms with Gasteiger partial charge in [0.2, 0.25) is 5.88 Å². The lowest BCUT2D eigenvalue weighted by atomic mass is 10.0. The lowest BCUT2D eigenvalue weighted by Crippen LogP contribution is -2.11. The van der Waals surface area contributed by atoms with Crippen LogP contribution in [0.3, 0.4) is 0 Å². The maximum Gasteiger partial charge on any atom is 0.335 e. The molecule has 1 saturated heterocycles. The maximum absolute atomic E-state index is 14.1. The Hall–Kier alpha value is -5.76. The summed E-state index contributed by atoms with van der Waals surface area (Å²) in [6, 6.07) is 18.1. The van der Waals surface area contributed by atoms with Crippen molar-refractivity contribution >= 4 is 17.0 Å². The van der Waals surface area contributed by atoms with E-state index in [0.29, 0.717) is 37.0 Å². The zero-order valence-electron chi connectivity index (χ0n) is 23.7. The third-order valence-electron chi connectivity index (χ3n) is 7.19. The zero-order valence-corrected chi connectivity index (χ0v) is 23.7. The van der Waals surface area contributed by atoms with Gasteiger partial charge < -0.3 is 23.9 Å². The molecule has 0 saturated carbocycles. The van der Waals surface area contributed by atoms with Crippen molar-refractivity contribution in [3.05, 3.63) is 118 Å². The molecular formula is C33H26FN5O5. The van der Waals surface area contributed by atoms with Crippen LogP contribution in [0, 0.1) is 24.1 Å². The molecule has 1 fully saturated rings. The number of ether oxygens (including phenoxy) is 3. The lowest BCUT2D eigenvalue weighted by Gasteiger charge is -2.19. The van der Waals surface area contributed by atoms with Crippen molar-refractivity contribution in [2.75, 3.05) is 6.61 Å². The lowest BCUT2D eigenvalue weighted by molar-refractivity contribution is 0.0697. The number of aromatic nitrogens is 4. The van der Waals surface area contributed by atoms with Gasteiger partial charge in [0.1, 0.15) is 18.2 Å². The minimum Gasteiger partial charge on any atom is -0.498 e. The van der Waals surface area contributed by atoms with Crippen molar-refractivity contribution in [3.63, 3.8) is 0 Å². The second-order valence-electron chi connectivity index (χ2n) is 10.1. The summed E-state index contributed by atoms with van der Waals surface area (Å²) >= 11 is 0. The van der Waals surface area contributed by atoms with Crippen LogP contribution in [-0.2, 0) is 24.3 Å². The summed E-state index contributed by atoms with van der Waals surface area (Å²) in [7, 11) is 0. The number of hydrogen-bond donors (Lipinski definition) is 1. The van der Waals surface area contributed by atoms with Crippen LogP contribution in [0.25, 0.3) is 11.0 Å². The van der Waals surface area contributed by atoms with E-state index in [9.17, 15) is 14.3 Å². The Bertz CT molecular complexity index is 1960. The van der Waals surface area contributed by atoms with Gasteiger partial charge in [0, 0.05) is 31.6 Å². The molecule has 1 aliphatic rings. The van der Waals surface area contributed by atoms with Crippen LogP contribution in [-0.4, -0.2) is 37.2 Å². The highest BCUT2D eigenvalue weighted by Gasteiger charge is 2.16. The predicted molar refractivity (Wildman–Crippen MR) is 157 cm³/mol. The third-order valence-corrected chi connectivity index (χ3v) is 7.19. The Balaban J connectivity index is 1.18. The van der Waals surface area contributed by atoms with E-state index in [1.54, 1.807) is 24.3 Å². The number of nitriles is 1. The van der Waals surface area contributed by atoms with E-state index in [2.05, 4.69) is 9.97 Å². The number of rotatable bonds is 10. The van der Waals surface area contributed by atoms with Crippen molar-refractivity contribution < 1.29 is 28.5 Å². The first-order chi connectivity index (χ1) is 21.4. The third kappa shape index (κ3) is 6.19. The number of carboxylic acid groups (broad SMARTS) is 1. The van der Waals surface area contributed by atoms with Crippen molar-refractivity contribution in [1.29, 1.82) is 5.26 Å². The minimum atomic E-state index is -0.989. The Morgan fingerprint density at radius 3 is 2.75 bits per heavy atom. The van der Waals surface area contributed by atoms with Gasteiger partial charge >= 0.3 is 5.97 Å². The highest BCUT2D eigenvalue weighted by Crippen LogP contribution is 2.27. The molecule has 44 heavy (non-hydrogen) atoms. The number of imidazole rings is 1. The highest BCUT2D eigenvalue weighted by molar-refractivity contribution is 5.92. The quantitative estimate of drug-likeness (QED) is 0.204. The molecule has 1 aliphatic heterocycles. The van der Waals surface area contributed by atoms with Crippen LogP contribution >= 0.6 is 0 Å². The summed E-state index contributed by atoms with van der Waals surface area (Å²) in [4.78, 5) is 25.0. The van der Waals surface area contributed by atoms with Gasteiger partial charge in [-0.05, 0) is 72.7 Å². The standard InChI is InChI=1S/C33H26FN5O5/c1-20-14-25(44-32-8-11-36-30(38-32)19-43-29-7-2-21(18-35)15-26(29)34)5-3-22(20)17-31-37-27-6-4-23(33(40)41)16-28(27)39(31)12-9-24-10-13-42-24/h2-9,11,14-16H,10,12-13,17,19H2,1H3,(H,40,41). The van der Waals surface area contributed by atoms with Gasteiger partial charge in [-0.15, -0.1) is 0 Å². The summed E-state index contributed by atoms with van der Waals surface area (Å²) in [5.41, 5.74) is 3.88. The van der Waals surface area contributed by atoms with Crippen LogP contribution in [0.1, 0.15) is 45.1 Å². The molecule has 0 radical (unpaired) electrons. The first-order valence-electron chi connectivity index (χ1n) is 13.8. The smallest absolute Gasteiger partial charge is 0.335 e. The fourth-order valence-corrected chi connectivity index (χ4v) is 4.78. The molecule has 3 heterocycles. The topological polar surface area (TPSA) is 132 Å². The number of aromatic carboxylic acids is 1. The van der Waals surface area contributed by atoms with Crippen LogP contribution < -0.4 is 9.47 Å². The molecule has 220 valence electrons. The Kier molecular flexibility index (Phi) is 7.88. The molecule has 0 bridgehead atoms. The minimum absolute atomic E-state index is 0.00555. The SMILES string of the molecule is Cc1cc(Oc2ccnc(COc3ccc(C#N)cc3F)n2)ccc1Cc1nc2ccc(C(=O)O)cc2n1CC=C1CCO1. The molecule has 0 unspecified atom stereocenters. The van der Waals surface area contributed by atoms with E-state index in [0.717, 1.165) is 46.2 Å². The van der Waals surface area contributed by atoms with E-state index in [1.165, 1.54) is 18.3 Å². The van der Waals surface area contributed by atoms with Gasteiger partial charge in [-0.2, -0.15) is 10.2 Å². The van der Waals surface area contributed by atoms with Gasteiger partial charge in [-0.25, -0.2) is 19.2 Å². The van der Waals surface area contributed by atoms with Crippen LogP contribution in [0.2, 0.25) is 0 Å². The highest BCUT2D eigenvalue weighted by atomic mass is 19.1. The van der Waals surface area contributed by atoms with E-state index in [1.807, 2.05) is 41.8 Å². The number of benzene rings is 3. The monoisotopic (exact) mass is 591 g/mol. The van der Waals surface area contributed by atoms with E-state index >= 15 is 0 Å². The van der Waals surface area contributed by atoms with E-state index in [-0.39, 0.29) is 23.5 Å². The number of halogens is 1. The normalized spacial score (nSPS) is 13.2. The Morgan fingerprint density at radius 2 is 2.02 bits per heavy atom. The molecule has 0 atom stereocenters. The first kappa shape index (κ1) is 28.4. The molecule has 0 amide bonds. The molecule has 1 N–H and O–H groups in total. The summed E-state index contributed by atoms with van der Waals surface area (Å²) < 4.78 is 33.1. The average Bonchev–Trinajstić information content (AvgIpc) is 3.33. The predicted octanol–water partition coefficient (Wildman–Crippen LogP) is 6.11. The molecular weight excluding hydrogens is 565 g/mol. The molecule has 11 heteroatoms. The second kappa shape index (κ2) is 12.2. The van der Waals surface area contributed by atoms with Gasteiger partial charge in [-0.3, -0.25) is 0 Å². The van der Waals surface area contributed by atoms with Crippen molar-refractivity contribution in [2.24, 2.45) is 0 Å². The number of nitrogens with zero attached hydrogens (tertiary/aromatic N) is 5. The number of carboxylic acids is 1. The van der Waals surface area contributed by atoms with Crippen LogP contribution in [0.5, 0.6) is 17.4 Å². The summed E-state index contributed by atoms with van der Waals surface area (Å²) in [6.45, 7) is 3.12. The van der Waals surface area contributed by atoms with Crippen LogP contribution in [0.15, 0.2) is 78.7 Å². The first-order valence-corrected chi connectivity index (χ1v) is 13.8. The molecule has 0 aliphatic carbocycles. The number of hydrogen-bond acceptors (Lipinski definition) is 8. The number of fused-ring (bicyclic) bond motifs is 1. The van der Waals surface area contributed by atoms with Crippen molar-refractivity contribution in [2.45, 2.75) is 32.9 Å². The maximum atomic E-state index is 14.1. The summed E-state index contributed by atoms with van der Waals surface area (Å²) in [5.74, 6) is 1.25. The Morgan fingerprint density at radius 1 is 1.16 bits per heavy atom. The number of allylic oxidation sites excluding steroid dienone is 1. The molecule has 3 aromatic carbocycles. The van der Waals surface area contributed by atoms with Crippen molar-refractivity contribution in [3.8, 4) is 23.4 Å². The number of carbonyl (C=O) groups is 1. The van der Waals surface area contributed by atoms with Gasteiger partial charge in [0.05, 0.1) is 40.6 Å². The van der Waals surface area contributed by atoms with E-state index in [4.69, 9.17) is 24.5 Å². The molecule has 5 aromatic rings. The molecule has 6 rings (SSSR count). The number of aryl methyl sites for hydroxylation is 1. The van der Waals surface area contributed by atoms with Gasteiger partial charge in [0.15, 0.2) is 17.4 Å². The molecule has 2 aromatic heterocycles. The molecule has 0 spiro atoms. The summed E-state index contributed by atoms with van der Waals surface area (Å²) in [6.07, 6.45) is 4.95. The summed E-state index contributed by atoms with van der Waals surface area (Å²) in [5, 5.41) is 18.4. The Labute approximate surface area is 251 Å². The average molecular weight is 592 g/mol. The van der Waals surface area contributed by atoms with Crippen LogP contribution in [0.4, 0.5) is 4.39 Å². The van der Waals surface area contributed by atoms with Gasteiger partial charge in [0.25, 0.3) is 0 Å².